The highest BCUT2D eigenvalue weighted by Crippen LogP contribution is 2.35. The van der Waals surface area contributed by atoms with E-state index in [-0.39, 0.29) is 5.91 Å². The highest BCUT2D eigenvalue weighted by molar-refractivity contribution is 8.14. The van der Waals surface area contributed by atoms with E-state index in [0.717, 1.165) is 92.8 Å². The van der Waals surface area contributed by atoms with E-state index in [2.05, 4.69) is 41.3 Å². The third-order valence-corrected chi connectivity index (χ3v) is 8.43. The van der Waals surface area contributed by atoms with Crippen molar-refractivity contribution >= 4 is 51.2 Å². The molecule has 3 aromatic rings. The highest BCUT2D eigenvalue weighted by atomic mass is 32.2. The van der Waals surface area contributed by atoms with Crippen molar-refractivity contribution in [2.75, 3.05) is 80.4 Å². The summed E-state index contributed by atoms with van der Waals surface area (Å²) in [5, 5.41) is 10.8. The number of carbonyl (C=O) groups is 1. The zero-order chi connectivity index (χ0) is 25.9. The number of piperidine rings is 1. The Bertz CT molecular complexity index is 1280. The van der Waals surface area contributed by atoms with Crippen molar-refractivity contribution in [3.8, 4) is 0 Å². The number of rotatable bonds is 8. The molecule has 12 heteroatoms. The third kappa shape index (κ3) is 5.52. The molecule has 1 atom stereocenters. The Balaban J connectivity index is 1.22. The molecule has 0 aliphatic carbocycles. The highest BCUT2D eigenvalue weighted by Gasteiger charge is 2.28. The predicted octanol–water partition coefficient (Wildman–Crippen LogP) is 2.81. The molecule has 0 saturated carbocycles. The molecular formula is C26H34N8O3S. The standard InChI is InChI=1S/C26H34N8O3S/c1-32(7-8-33-9-11-36-12-10-33)26-31-20-13-22(34-5-3-2-4-6-34)19(14-23(20)37-26)29-24(35)21-17-38-25(30-21)18-15-27-28-16-18/h13-16,21H,2-12,17H2,1H3,(H,27,28)(H,29,35). The molecule has 202 valence electrons. The van der Waals surface area contributed by atoms with Gasteiger partial charge in [-0.15, -0.1) is 11.8 Å². The van der Waals surface area contributed by atoms with Crippen molar-refractivity contribution < 1.29 is 13.9 Å². The van der Waals surface area contributed by atoms with E-state index in [1.54, 1.807) is 24.2 Å². The van der Waals surface area contributed by atoms with Crippen LogP contribution in [-0.2, 0) is 9.53 Å². The minimum absolute atomic E-state index is 0.115. The second-order valence-electron chi connectivity index (χ2n) is 9.99. The van der Waals surface area contributed by atoms with Gasteiger partial charge in [-0.2, -0.15) is 10.1 Å². The number of hydrogen-bond acceptors (Lipinski definition) is 10. The predicted molar refractivity (Wildman–Crippen MR) is 151 cm³/mol. The van der Waals surface area contributed by atoms with Gasteiger partial charge in [-0.05, 0) is 25.3 Å². The summed E-state index contributed by atoms with van der Waals surface area (Å²) < 4.78 is 11.6. The summed E-state index contributed by atoms with van der Waals surface area (Å²) in [6.07, 6.45) is 7.03. The van der Waals surface area contributed by atoms with Crippen LogP contribution in [0.4, 0.5) is 17.4 Å². The number of H-pyrrole nitrogens is 1. The molecule has 0 radical (unpaired) electrons. The number of oxazole rings is 1. The maximum atomic E-state index is 13.3. The van der Waals surface area contributed by atoms with Crippen LogP contribution in [0.3, 0.4) is 0 Å². The Labute approximate surface area is 226 Å². The van der Waals surface area contributed by atoms with Crippen molar-refractivity contribution in [1.29, 1.82) is 0 Å². The first kappa shape index (κ1) is 25.2. The molecule has 0 spiro atoms. The van der Waals surface area contributed by atoms with Gasteiger partial charge in [0.1, 0.15) is 16.6 Å². The lowest BCUT2D eigenvalue weighted by atomic mass is 10.1. The zero-order valence-electron chi connectivity index (χ0n) is 21.7. The molecule has 2 aromatic heterocycles. The number of aliphatic imine (C=N–C) groups is 1. The zero-order valence-corrected chi connectivity index (χ0v) is 22.5. The fraction of sp³-hybridized carbons (Fsp3) is 0.538. The monoisotopic (exact) mass is 538 g/mol. The number of nitrogens with one attached hydrogen (secondary N) is 2. The average Bonchev–Trinajstić information content (AvgIpc) is 3.73. The topological polar surface area (TPSA) is 115 Å². The molecule has 0 bridgehead atoms. The number of nitrogens with zero attached hydrogens (tertiary/aromatic N) is 6. The van der Waals surface area contributed by atoms with Crippen LogP contribution in [0.5, 0.6) is 0 Å². The normalized spacial score (nSPS) is 20.6. The fourth-order valence-electron chi connectivity index (χ4n) is 5.07. The van der Waals surface area contributed by atoms with Crippen LogP contribution in [0.2, 0.25) is 0 Å². The van der Waals surface area contributed by atoms with Crippen LogP contribution in [0.1, 0.15) is 24.8 Å². The summed E-state index contributed by atoms with van der Waals surface area (Å²) in [5.74, 6) is 0.490. The Morgan fingerprint density at radius 3 is 2.84 bits per heavy atom. The van der Waals surface area contributed by atoms with Gasteiger partial charge >= 0.3 is 0 Å². The summed E-state index contributed by atoms with van der Waals surface area (Å²) in [6, 6.07) is 4.11. The summed E-state index contributed by atoms with van der Waals surface area (Å²) >= 11 is 1.58. The smallest absolute Gasteiger partial charge is 0.298 e. The molecule has 3 aliphatic rings. The van der Waals surface area contributed by atoms with Crippen molar-refractivity contribution in [3.63, 3.8) is 0 Å². The number of anilines is 3. The number of ether oxygens (including phenoxy) is 1. The van der Waals surface area contributed by atoms with Crippen molar-refractivity contribution in [2.24, 2.45) is 4.99 Å². The summed E-state index contributed by atoms with van der Waals surface area (Å²) in [6.45, 7) is 7.14. The van der Waals surface area contributed by atoms with E-state index in [9.17, 15) is 4.79 Å². The quantitative estimate of drug-likeness (QED) is 0.447. The molecule has 2 saturated heterocycles. The number of likely N-dealkylation sites (N-methyl/N-ethyl adjacent to an activating group) is 1. The largest absolute Gasteiger partial charge is 0.423 e. The van der Waals surface area contributed by atoms with E-state index in [0.29, 0.717) is 17.4 Å². The van der Waals surface area contributed by atoms with Crippen LogP contribution in [-0.4, -0.2) is 102 Å². The Morgan fingerprint density at radius 2 is 2.05 bits per heavy atom. The van der Waals surface area contributed by atoms with Crippen LogP contribution in [0.25, 0.3) is 11.1 Å². The van der Waals surface area contributed by atoms with Crippen LogP contribution >= 0.6 is 11.8 Å². The van der Waals surface area contributed by atoms with Gasteiger partial charge in [-0.1, -0.05) is 0 Å². The molecule has 1 unspecified atom stereocenters. The Kier molecular flexibility index (Phi) is 7.52. The average molecular weight is 539 g/mol. The van der Waals surface area contributed by atoms with Gasteiger partial charge < -0.3 is 24.3 Å². The maximum Gasteiger partial charge on any atom is 0.298 e. The lowest BCUT2D eigenvalue weighted by molar-refractivity contribution is -0.116. The van der Waals surface area contributed by atoms with Crippen LogP contribution < -0.4 is 15.1 Å². The molecule has 3 aliphatic heterocycles. The first-order valence-electron chi connectivity index (χ1n) is 13.4. The van der Waals surface area contributed by atoms with E-state index >= 15 is 0 Å². The molecule has 1 aromatic carbocycles. The molecule has 38 heavy (non-hydrogen) atoms. The van der Waals surface area contributed by atoms with E-state index < -0.39 is 6.04 Å². The van der Waals surface area contributed by atoms with E-state index in [4.69, 9.17) is 14.1 Å². The molecule has 5 heterocycles. The summed E-state index contributed by atoms with van der Waals surface area (Å²) in [7, 11) is 2.01. The Hall–Kier alpha value is -3.09. The van der Waals surface area contributed by atoms with Gasteiger partial charge in [0.2, 0.25) is 5.91 Å². The number of hydrogen-bond donors (Lipinski definition) is 2. The number of amides is 1. The SMILES string of the molecule is CN(CCN1CCOCC1)c1nc2cc(N3CCCCC3)c(NC(=O)C3CSC(c4cn[nH]c4)=N3)cc2o1. The number of aromatic amines is 1. The summed E-state index contributed by atoms with van der Waals surface area (Å²) in [5.41, 5.74) is 4.12. The molecule has 6 rings (SSSR count). The number of morpholine rings is 1. The fourth-order valence-corrected chi connectivity index (χ4v) is 6.09. The van der Waals surface area contributed by atoms with Crippen molar-refractivity contribution in [1.82, 2.24) is 20.1 Å². The second-order valence-corrected chi connectivity index (χ2v) is 11.0. The third-order valence-electron chi connectivity index (χ3n) is 7.33. The Morgan fingerprint density at radius 1 is 1.21 bits per heavy atom. The van der Waals surface area contributed by atoms with E-state index in [1.165, 1.54) is 6.42 Å². The summed E-state index contributed by atoms with van der Waals surface area (Å²) in [4.78, 5) is 29.6. The van der Waals surface area contributed by atoms with Crippen molar-refractivity contribution in [3.05, 3.63) is 30.1 Å². The van der Waals surface area contributed by atoms with Crippen LogP contribution in [0, 0.1) is 0 Å². The molecule has 2 fully saturated rings. The van der Waals surface area contributed by atoms with Gasteiger partial charge in [-0.25, -0.2) is 0 Å². The molecule has 2 N–H and O–H groups in total. The maximum absolute atomic E-state index is 13.3. The minimum atomic E-state index is -0.452. The van der Waals surface area contributed by atoms with Gasteiger partial charge in [0, 0.05) is 69.9 Å². The number of fused-ring (bicyclic) bond motifs is 1. The first-order chi connectivity index (χ1) is 18.6. The van der Waals surface area contributed by atoms with E-state index in [1.807, 2.05) is 13.1 Å². The minimum Gasteiger partial charge on any atom is -0.423 e. The molecule has 1 amide bonds. The van der Waals surface area contributed by atoms with Gasteiger partial charge in [0.25, 0.3) is 6.01 Å². The molecular weight excluding hydrogens is 504 g/mol. The molecule has 11 nitrogen and oxygen atoms in total. The van der Waals surface area contributed by atoms with Crippen LogP contribution in [0.15, 0.2) is 33.9 Å². The number of carbonyl (C=O) groups excluding carboxylic acids is 1. The lowest BCUT2D eigenvalue weighted by Crippen LogP contribution is -2.40. The van der Waals surface area contributed by atoms with Gasteiger partial charge in [0.05, 0.1) is 30.8 Å². The second kappa shape index (κ2) is 11.3. The first-order valence-corrected chi connectivity index (χ1v) is 14.3. The number of thioether (sulfide) groups is 1. The number of aromatic nitrogens is 3. The van der Waals surface area contributed by atoms with Gasteiger partial charge in [0.15, 0.2) is 5.58 Å². The van der Waals surface area contributed by atoms with Gasteiger partial charge in [-0.3, -0.25) is 19.8 Å². The lowest BCUT2D eigenvalue weighted by Gasteiger charge is -2.30. The van der Waals surface area contributed by atoms with Crippen molar-refractivity contribution in [2.45, 2.75) is 25.3 Å². The number of benzene rings is 1.